The van der Waals surface area contributed by atoms with Crippen LogP contribution in [0.3, 0.4) is 0 Å². The van der Waals surface area contributed by atoms with E-state index in [1.165, 1.54) is 12.8 Å². The SMILES string of the molecule is Cc1c(N)cc(Br)cc1C(=O)NC1(C)CCCC1. The number of hydrogen-bond acceptors (Lipinski definition) is 2. The second kappa shape index (κ2) is 4.92. The summed E-state index contributed by atoms with van der Waals surface area (Å²) >= 11 is 3.38. The molecule has 0 spiro atoms. The molecule has 0 radical (unpaired) electrons. The van der Waals surface area contributed by atoms with Gasteiger partial charge in [-0.25, -0.2) is 0 Å². The number of nitrogen functional groups attached to an aromatic ring is 1. The molecule has 1 aromatic rings. The third-order valence-corrected chi connectivity index (χ3v) is 4.24. The Morgan fingerprint density at radius 3 is 2.61 bits per heavy atom. The van der Waals surface area contributed by atoms with Crippen LogP contribution in [-0.2, 0) is 0 Å². The Bertz CT molecular complexity index is 479. The van der Waals surface area contributed by atoms with Crippen LogP contribution in [0.4, 0.5) is 5.69 Å². The Balaban J connectivity index is 2.23. The molecule has 0 unspecified atom stereocenters. The van der Waals surface area contributed by atoms with Crippen molar-refractivity contribution >= 4 is 27.5 Å². The van der Waals surface area contributed by atoms with Crippen LogP contribution >= 0.6 is 15.9 Å². The van der Waals surface area contributed by atoms with E-state index in [1.807, 2.05) is 19.1 Å². The summed E-state index contributed by atoms with van der Waals surface area (Å²) in [6.45, 7) is 4.00. The lowest BCUT2D eigenvalue weighted by Crippen LogP contribution is -2.43. The summed E-state index contributed by atoms with van der Waals surface area (Å²) in [7, 11) is 0. The van der Waals surface area contributed by atoms with Gasteiger partial charge in [-0.05, 0) is 44.4 Å². The quantitative estimate of drug-likeness (QED) is 0.823. The van der Waals surface area contributed by atoms with E-state index in [4.69, 9.17) is 5.73 Å². The van der Waals surface area contributed by atoms with Crippen LogP contribution in [-0.4, -0.2) is 11.4 Å². The molecule has 2 rings (SSSR count). The van der Waals surface area contributed by atoms with Crippen LogP contribution in [0.2, 0.25) is 0 Å². The van der Waals surface area contributed by atoms with E-state index >= 15 is 0 Å². The van der Waals surface area contributed by atoms with E-state index in [9.17, 15) is 4.79 Å². The van der Waals surface area contributed by atoms with Crippen molar-refractivity contribution in [2.45, 2.75) is 45.1 Å². The number of carbonyl (C=O) groups excluding carboxylic acids is 1. The highest BCUT2D eigenvalue weighted by Crippen LogP contribution is 2.30. The maximum Gasteiger partial charge on any atom is 0.252 e. The summed E-state index contributed by atoms with van der Waals surface area (Å²) < 4.78 is 0.840. The molecule has 0 aliphatic heterocycles. The third kappa shape index (κ3) is 2.69. The number of halogens is 1. The molecule has 0 heterocycles. The Kier molecular flexibility index (Phi) is 3.66. The van der Waals surface area contributed by atoms with Gasteiger partial charge in [0.2, 0.25) is 0 Å². The van der Waals surface area contributed by atoms with Crippen molar-refractivity contribution in [3.63, 3.8) is 0 Å². The van der Waals surface area contributed by atoms with Crippen LogP contribution in [0.5, 0.6) is 0 Å². The van der Waals surface area contributed by atoms with Crippen LogP contribution < -0.4 is 11.1 Å². The van der Waals surface area contributed by atoms with Gasteiger partial charge in [0.15, 0.2) is 0 Å². The number of nitrogens with two attached hydrogens (primary N) is 1. The van der Waals surface area contributed by atoms with Crippen molar-refractivity contribution < 1.29 is 4.79 Å². The number of carbonyl (C=O) groups is 1. The number of rotatable bonds is 2. The lowest BCUT2D eigenvalue weighted by molar-refractivity contribution is 0.0907. The van der Waals surface area contributed by atoms with Crippen molar-refractivity contribution in [1.82, 2.24) is 5.32 Å². The lowest BCUT2D eigenvalue weighted by Gasteiger charge is -2.26. The normalized spacial score (nSPS) is 17.7. The average Bonchev–Trinajstić information content (AvgIpc) is 2.70. The zero-order chi connectivity index (χ0) is 13.3. The first kappa shape index (κ1) is 13.4. The standard InChI is InChI=1S/C14H19BrN2O/c1-9-11(7-10(15)8-12(9)16)13(18)17-14(2)5-3-4-6-14/h7-8H,3-6,16H2,1-2H3,(H,17,18). The van der Waals surface area contributed by atoms with Gasteiger partial charge in [-0.1, -0.05) is 28.8 Å². The van der Waals surface area contributed by atoms with E-state index in [2.05, 4.69) is 28.2 Å². The molecule has 3 nitrogen and oxygen atoms in total. The fourth-order valence-corrected chi connectivity index (χ4v) is 3.03. The average molecular weight is 311 g/mol. The summed E-state index contributed by atoms with van der Waals surface area (Å²) in [6, 6.07) is 3.66. The molecule has 1 aliphatic carbocycles. The van der Waals surface area contributed by atoms with Gasteiger partial charge in [-0.15, -0.1) is 0 Å². The van der Waals surface area contributed by atoms with Crippen LogP contribution in [0.1, 0.15) is 48.5 Å². The first-order valence-electron chi connectivity index (χ1n) is 6.29. The van der Waals surface area contributed by atoms with Crippen molar-refractivity contribution in [3.05, 3.63) is 27.7 Å². The Labute approximate surface area is 116 Å². The molecule has 98 valence electrons. The van der Waals surface area contributed by atoms with Crippen LogP contribution in [0, 0.1) is 6.92 Å². The molecule has 0 saturated heterocycles. The minimum atomic E-state index is -0.0550. The Hall–Kier alpha value is -1.03. The maximum atomic E-state index is 12.3. The van der Waals surface area contributed by atoms with Gasteiger partial charge in [0.05, 0.1) is 0 Å². The lowest BCUT2D eigenvalue weighted by atomic mass is 9.99. The van der Waals surface area contributed by atoms with E-state index in [0.717, 1.165) is 22.9 Å². The van der Waals surface area contributed by atoms with Gasteiger partial charge in [0.25, 0.3) is 5.91 Å². The molecule has 1 fully saturated rings. The first-order valence-corrected chi connectivity index (χ1v) is 7.09. The van der Waals surface area contributed by atoms with E-state index in [-0.39, 0.29) is 11.4 Å². The second-order valence-corrected chi connectivity index (χ2v) is 6.31. The van der Waals surface area contributed by atoms with Crippen LogP contribution in [0.25, 0.3) is 0 Å². The predicted molar refractivity (Wildman–Crippen MR) is 77.6 cm³/mol. The summed E-state index contributed by atoms with van der Waals surface area (Å²) in [4.78, 5) is 12.3. The maximum absolute atomic E-state index is 12.3. The molecule has 1 saturated carbocycles. The summed E-state index contributed by atoms with van der Waals surface area (Å²) in [5.41, 5.74) is 7.99. The topological polar surface area (TPSA) is 55.1 Å². The summed E-state index contributed by atoms with van der Waals surface area (Å²) in [6.07, 6.45) is 4.50. The molecule has 0 aromatic heterocycles. The predicted octanol–water partition coefficient (Wildman–Crippen LogP) is 3.40. The van der Waals surface area contributed by atoms with Gasteiger partial charge in [0.1, 0.15) is 0 Å². The highest BCUT2D eigenvalue weighted by molar-refractivity contribution is 9.10. The molecule has 18 heavy (non-hydrogen) atoms. The van der Waals surface area contributed by atoms with Gasteiger partial charge in [0, 0.05) is 21.3 Å². The first-order chi connectivity index (χ1) is 8.41. The molecule has 1 amide bonds. The van der Waals surface area contributed by atoms with Crippen molar-refractivity contribution in [1.29, 1.82) is 0 Å². The molecule has 0 atom stereocenters. The van der Waals surface area contributed by atoms with E-state index in [1.54, 1.807) is 0 Å². The second-order valence-electron chi connectivity index (χ2n) is 5.39. The zero-order valence-electron chi connectivity index (χ0n) is 10.8. The Morgan fingerprint density at radius 2 is 2.00 bits per heavy atom. The van der Waals surface area contributed by atoms with Gasteiger partial charge in [-0.3, -0.25) is 4.79 Å². The number of nitrogens with one attached hydrogen (secondary N) is 1. The van der Waals surface area contributed by atoms with Crippen molar-refractivity contribution in [2.75, 3.05) is 5.73 Å². The molecule has 3 N–H and O–H groups in total. The summed E-state index contributed by atoms with van der Waals surface area (Å²) in [5.74, 6) is -0.0232. The number of benzene rings is 1. The van der Waals surface area contributed by atoms with Crippen molar-refractivity contribution in [3.8, 4) is 0 Å². The highest BCUT2D eigenvalue weighted by Gasteiger charge is 2.30. The van der Waals surface area contributed by atoms with Gasteiger partial charge < -0.3 is 11.1 Å². The van der Waals surface area contributed by atoms with E-state index in [0.29, 0.717) is 11.3 Å². The number of amides is 1. The van der Waals surface area contributed by atoms with Gasteiger partial charge >= 0.3 is 0 Å². The minimum absolute atomic E-state index is 0.0232. The molecule has 1 aromatic carbocycles. The van der Waals surface area contributed by atoms with Crippen molar-refractivity contribution in [2.24, 2.45) is 0 Å². The smallest absolute Gasteiger partial charge is 0.252 e. The molecule has 4 heteroatoms. The zero-order valence-corrected chi connectivity index (χ0v) is 12.4. The largest absolute Gasteiger partial charge is 0.398 e. The Morgan fingerprint density at radius 1 is 1.39 bits per heavy atom. The molecular weight excluding hydrogens is 292 g/mol. The van der Waals surface area contributed by atoms with Crippen LogP contribution in [0.15, 0.2) is 16.6 Å². The minimum Gasteiger partial charge on any atom is -0.398 e. The summed E-state index contributed by atoms with van der Waals surface area (Å²) in [5, 5.41) is 3.15. The van der Waals surface area contributed by atoms with Gasteiger partial charge in [-0.2, -0.15) is 0 Å². The molecule has 1 aliphatic rings. The number of hydrogen-bond donors (Lipinski definition) is 2. The molecular formula is C14H19BrN2O. The molecule has 0 bridgehead atoms. The number of anilines is 1. The third-order valence-electron chi connectivity index (χ3n) is 3.78. The fraction of sp³-hybridized carbons (Fsp3) is 0.500. The van der Waals surface area contributed by atoms with E-state index < -0.39 is 0 Å². The monoisotopic (exact) mass is 310 g/mol. The highest BCUT2D eigenvalue weighted by atomic mass is 79.9. The fourth-order valence-electron chi connectivity index (χ4n) is 2.56.